The van der Waals surface area contributed by atoms with E-state index in [-0.39, 0.29) is 29.4 Å². The molecule has 2 fully saturated rings. The van der Waals surface area contributed by atoms with Crippen molar-refractivity contribution in [3.05, 3.63) is 60.3 Å². The molecule has 6 rings (SSSR count). The summed E-state index contributed by atoms with van der Waals surface area (Å²) in [7, 11) is -2.97. The molecule has 200 valence electrons. The fourth-order valence-electron chi connectivity index (χ4n) is 5.35. The Balaban J connectivity index is 1.29. The van der Waals surface area contributed by atoms with Crippen molar-refractivity contribution in [3.63, 3.8) is 0 Å². The molecule has 2 aliphatic heterocycles. The van der Waals surface area contributed by atoms with Crippen LogP contribution in [0.4, 0.5) is 19.0 Å². The molecule has 2 aliphatic rings. The Labute approximate surface area is 216 Å². The summed E-state index contributed by atoms with van der Waals surface area (Å²) >= 11 is 0. The number of aromatic amines is 1. The molecule has 6 heterocycles. The Morgan fingerprint density at radius 2 is 1.84 bits per heavy atom. The van der Waals surface area contributed by atoms with E-state index in [1.54, 1.807) is 18.5 Å². The van der Waals surface area contributed by atoms with Crippen molar-refractivity contribution in [1.82, 2.24) is 34.4 Å². The van der Waals surface area contributed by atoms with Gasteiger partial charge in [-0.05, 0) is 31.0 Å². The average Bonchev–Trinajstić information content (AvgIpc) is 3.58. The second-order valence-electron chi connectivity index (χ2n) is 9.64. The van der Waals surface area contributed by atoms with E-state index in [9.17, 15) is 21.6 Å². The fraction of sp³-hybridized carbons (Fsp3) is 0.417. The zero-order valence-electron chi connectivity index (χ0n) is 20.2. The third kappa shape index (κ3) is 4.73. The first-order valence-corrected chi connectivity index (χ1v) is 14.1. The molecular formula is C24H25F3N8O2S. The fourth-order valence-corrected chi connectivity index (χ4v) is 6.82. The van der Waals surface area contributed by atoms with Crippen molar-refractivity contribution in [2.24, 2.45) is 0 Å². The van der Waals surface area contributed by atoms with Gasteiger partial charge in [0, 0.05) is 49.8 Å². The Morgan fingerprint density at radius 3 is 2.58 bits per heavy atom. The predicted molar refractivity (Wildman–Crippen MR) is 133 cm³/mol. The molecular weight excluding hydrogens is 521 g/mol. The van der Waals surface area contributed by atoms with E-state index in [0.29, 0.717) is 49.6 Å². The van der Waals surface area contributed by atoms with Crippen molar-refractivity contribution in [1.29, 1.82) is 0 Å². The molecule has 4 aromatic rings. The molecule has 1 atom stereocenters. The summed E-state index contributed by atoms with van der Waals surface area (Å²) in [4.78, 5) is 17.7. The number of halogens is 3. The summed E-state index contributed by atoms with van der Waals surface area (Å²) in [5.41, 5.74) is 0.945. The molecule has 1 N–H and O–H groups in total. The third-order valence-electron chi connectivity index (χ3n) is 7.35. The number of nitrogens with one attached hydrogen (secondary N) is 1. The highest BCUT2D eigenvalue weighted by Crippen LogP contribution is 2.34. The Kier molecular flexibility index (Phi) is 6.10. The van der Waals surface area contributed by atoms with Crippen LogP contribution in [0.25, 0.3) is 17.2 Å². The van der Waals surface area contributed by atoms with Crippen molar-refractivity contribution in [2.45, 2.75) is 31.1 Å². The zero-order valence-corrected chi connectivity index (χ0v) is 21.0. The quantitative estimate of drug-likeness (QED) is 0.416. The van der Waals surface area contributed by atoms with Crippen LogP contribution in [0.5, 0.6) is 0 Å². The number of imidazole rings is 1. The lowest BCUT2D eigenvalue weighted by Gasteiger charge is -2.46. The number of hydrogen-bond acceptors (Lipinski definition) is 8. The van der Waals surface area contributed by atoms with E-state index in [1.165, 1.54) is 16.7 Å². The third-order valence-corrected chi connectivity index (χ3v) is 9.06. The Bertz CT molecular complexity index is 1540. The molecule has 0 unspecified atom stereocenters. The predicted octanol–water partition coefficient (Wildman–Crippen LogP) is 2.97. The standard InChI is InChI=1S/C24H25F3N8O2S/c25-24(26,27)17-1-2-21-29-13-19(35(21)14-17)23-28-6-3-22(32-23)33-7-8-34(18-4-9-38(36,37)10-5-18)20(15-33)16-11-30-31-12-16/h1-3,6,11-14,18,20H,4-5,7-10,15H2,(H,30,31)/t20-/m1/s1. The van der Waals surface area contributed by atoms with Crippen LogP contribution in [0.2, 0.25) is 0 Å². The topological polar surface area (TPSA) is 112 Å². The molecule has 0 aliphatic carbocycles. The van der Waals surface area contributed by atoms with Crippen LogP contribution in [0, 0.1) is 0 Å². The Hall–Kier alpha value is -3.52. The molecule has 0 saturated carbocycles. The minimum Gasteiger partial charge on any atom is -0.353 e. The van der Waals surface area contributed by atoms with E-state index in [1.807, 2.05) is 6.20 Å². The SMILES string of the molecule is O=S1(=O)CCC(N2CCN(c3ccnc(-c4cnc5ccc(C(F)(F)F)cn45)n3)C[C@@H]2c2cn[nH]c2)CC1. The summed E-state index contributed by atoms with van der Waals surface area (Å²) in [5, 5.41) is 6.99. The maximum atomic E-state index is 13.3. The molecule has 0 radical (unpaired) electrons. The molecule has 0 bridgehead atoms. The van der Waals surface area contributed by atoms with Crippen molar-refractivity contribution in [3.8, 4) is 11.5 Å². The highest BCUT2D eigenvalue weighted by Gasteiger charge is 2.37. The van der Waals surface area contributed by atoms with E-state index < -0.39 is 21.6 Å². The van der Waals surface area contributed by atoms with E-state index in [0.717, 1.165) is 17.8 Å². The first-order chi connectivity index (χ1) is 18.2. The van der Waals surface area contributed by atoms with Crippen LogP contribution >= 0.6 is 0 Å². The van der Waals surface area contributed by atoms with E-state index in [2.05, 4.69) is 30.0 Å². The molecule has 14 heteroatoms. The van der Waals surface area contributed by atoms with Crippen LogP contribution in [-0.2, 0) is 16.0 Å². The smallest absolute Gasteiger partial charge is 0.353 e. The van der Waals surface area contributed by atoms with Gasteiger partial charge in [-0.1, -0.05) is 0 Å². The number of sulfone groups is 1. The van der Waals surface area contributed by atoms with Crippen LogP contribution in [0.15, 0.2) is 49.2 Å². The second-order valence-corrected chi connectivity index (χ2v) is 11.9. The number of aromatic nitrogens is 6. The molecule has 38 heavy (non-hydrogen) atoms. The monoisotopic (exact) mass is 546 g/mol. The van der Waals surface area contributed by atoms with Gasteiger partial charge in [0.2, 0.25) is 0 Å². The number of pyridine rings is 1. The van der Waals surface area contributed by atoms with Gasteiger partial charge in [-0.2, -0.15) is 18.3 Å². The van der Waals surface area contributed by atoms with E-state index in [4.69, 9.17) is 4.98 Å². The normalized spacial score (nSPS) is 21.2. The van der Waals surface area contributed by atoms with Gasteiger partial charge in [0.05, 0.1) is 35.5 Å². The molecule has 0 aromatic carbocycles. The number of alkyl halides is 3. The summed E-state index contributed by atoms with van der Waals surface area (Å²) in [5.74, 6) is 1.31. The lowest BCUT2D eigenvalue weighted by molar-refractivity contribution is -0.137. The van der Waals surface area contributed by atoms with Gasteiger partial charge in [-0.25, -0.2) is 23.4 Å². The van der Waals surface area contributed by atoms with Crippen LogP contribution in [0.1, 0.15) is 30.0 Å². The minimum atomic E-state index is -4.48. The number of anilines is 1. The second kappa shape index (κ2) is 9.34. The van der Waals surface area contributed by atoms with Gasteiger partial charge >= 0.3 is 6.18 Å². The zero-order chi connectivity index (χ0) is 26.5. The van der Waals surface area contributed by atoms with Crippen molar-refractivity contribution >= 4 is 21.3 Å². The first kappa shape index (κ1) is 24.8. The number of fused-ring (bicyclic) bond motifs is 1. The molecule has 0 spiro atoms. The van der Waals surface area contributed by atoms with Crippen LogP contribution in [-0.4, -0.2) is 80.0 Å². The number of hydrogen-bond donors (Lipinski definition) is 1. The van der Waals surface area contributed by atoms with Gasteiger partial charge in [0.1, 0.15) is 27.0 Å². The van der Waals surface area contributed by atoms with Gasteiger partial charge in [0.15, 0.2) is 5.82 Å². The molecule has 2 saturated heterocycles. The van der Waals surface area contributed by atoms with Crippen LogP contribution < -0.4 is 4.90 Å². The lowest BCUT2D eigenvalue weighted by Crippen LogP contribution is -2.54. The number of nitrogens with zero attached hydrogens (tertiary/aromatic N) is 7. The highest BCUT2D eigenvalue weighted by molar-refractivity contribution is 7.91. The number of rotatable bonds is 4. The van der Waals surface area contributed by atoms with E-state index >= 15 is 0 Å². The Morgan fingerprint density at radius 1 is 1.03 bits per heavy atom. The van der Waals surface area contributed by atoms with Crippen molar-refractivity contribution < 1.29 is 21.6 Å². The van der Waals surface area contributed by atoms with Gasteiger partial charge in [0.25, 0.3) is 0 Å². The molecule has 0 amide bonds. The maximum Gasteiger partial charge on any atom is 0.417 e. The summed E-state index contributed by atoms with van der Waals surface area (Å²) < 4.78 is 65.3. The minimum absolute atomic E-state index is 0.0307. The number of piperazine rings is 1. The molecule has 10 nitrogen and oxygen atoms in total. The van der Waals surface area contributed by atoms with Crippen molar-refractivity contribution in [2.75, 3.05) is 36.0 Å². The van der Waals surface area contributed by atoms with Crippen LogP contribution in [0.3, 0.4) is 0 Å². The first-order valence-electron chi connectivity index (χ1n) is 12.3. The lowest BCUT2D eigenvalue weighted by atomic mass is 10.00. The number of H-pyrrole nitrogens is 1. The maximum absolute atomic E-state index is 13.3. The average molecular weight is 547 g/mol. The summed E-state index contributed by atoms with van der Waals surface area (Å²) in [6, 6.07) is 4.23. The highest BCUT2D eigenvalue weighted by atomic mass is 32.2. The largest absolute Gasteiger partial charge is 0.417 e. The van der Waals surface area contributed by atoms with Gasteiger partial charge in [-0.15, -0.1) is 0 Å². The summed E-state index contributed by atoms with van der Waals surface area (Å²) in [6.45, 7) is 1.94. The summed E-state index contributed by atoms with van der Waals surface area (Å²) in [6.07, 6.45) is 4.42. The van der Waals surface area contributed by atoms with Gasteiger partial charge < -0.3 is 4.90 Å². The van der Waals surface area contributed by atoms with Gasteiger partial charge in [-0.3, -0.25) is 14.4 Å². The molecule has 4 aromatic heterocycles.